The maximum absolute atomic E-state index is 13.8. The van der Waals surface area contributed by atoms with Crippen LogP contribution in [0.2, 0.25) is 0 Å². The minimum Gasteiger partial charge on any atom is -0.465 e. The standard InChI is InChI=1S/C30H43N3O3/c1-2-36-29(34)20-32-28-13-6-5-10-23(28)19-31(30(32)35)26-17-24-11-7-12-25(18-26)33(24)27-15-21-8-3-4-9-22(14-21)16-27/h5-6,10,13,21-22,24-27H,2-4,7-9,11-12,14-20H2,1H3. The zero-order valence-corrected chi connectivity index (χ0v) is 21.9. The summed E-state index contributed by atoms with van der Waals surface area (Å²) in [6, 6.07) is 10.2. The predicted molar refractivity (Wildman–Crippen MR) is 141 cm³/mol. The molecule has 36 heavy (non-hydrogen) atoms. The fourth-order valence-electron chi connectivity index (χ4n) is 8.54. The van der Waals surface area contributed by atoms with E-state index in [4.69, 9.17) is 4.74 Å². The first kappa shape index (κ1) is 24.3. The van der Waals surface area contributed by atoms with Gasteiger partial charge in [-0.25, -0.2) is 4.79 Å². The van der Waals surface area contributed by atoms with Gasteiger partial charge in [-0.15, -0.1) is 0 Å². The van der Waals surface area contributed by atoms with Crippen LogP contribution in [0.5, 0.6) is 0 Å². The van der Waals surface area contributed by atoms with Crippen molar-refractivity contribution in [2.24, 2.45) is 11.8 Å². The van der Waals surface area contributed by atoms with E-state index in [1.807, 2.05) is 25.1 Å². The minimum atomic E-state index is -0.340. The lowest BCUT2D eigenvalue weighted by molar-refractivity contribution is -0.141. The Morgan fingerprint density at radius 1 is 0.861 bits per heavy atom. The molecule has 0 aromatic heterocycles. The third-order valence-corrected chi connectivity index (χ3v) is 9.91. The highest BCUT2D eigenvalue weighted by Crippen LogP contribution is 2.46. The van der Waals surface area contributed by atoms with Crippen LogP contribution in [0.25, 0.3) is 0 Å². The Morgan fingerprint density at radius 2 is 1.56 bits per heavy atom. The Hall–Kier alpha value is -2.08. The maximum atomic E-state index is 13.8. The summed E-state index contributed by atoms with van der Waals surface area (Å²) in [7, 11) is 0. The molecule has 0 spiro atoms. The number of carbonyl (C=O) groups is 2. The molecule has 196 valence electrons. The van der Waals surface area contributed by atoms with Gasteiger partial charge in [-0.3, -0.25) is 14.6 Å². The molecule has 1 aromatic rings. The van der Waals surface area contributed by atoms with E-state index in [2.05, 4.69) is 15.9 Å². The molecule has 3 aliphatic heterocycles. The van der Waals surface area contributed by atoms with E-state index in [9.17, 15) is 9.59 Å². The molecule has 0 radical (unpaired) electrons. The summed E-state index contributed by atoms with van der Waals surface area (Å²) in [5.41, 5.74) is 1.99. The highest BCUT2D eigenvalue weighted by molar-refractivity contribution is 5.99. The topological polar surface area (TPSA) is 53.1 Å². The van der Waals surface area contributed by atoms with Gasteiger partial charge >= 0.3 is 12.0 Å². The zero-order chi connectivity index (χ0) is 24.6. The van der Waals surface area contributed by atoms with Crippen LogP contribution in [0.1, 0.15) is 89.5 Å². The molecule has 2 aliphatic carbocycles. The van der Waals surface area contributed by atoms with Gasteiger partial charge in [-0.05, 0) is 75.3 Å². The lowest BCUT2D eigenvalue weighted by Crippen LogP contribution is -2.63. The third-order valence-electron chi connectivity index (χ3n) is 9.91. The van der Waals surface area contributed by atoms with E-state index in [1.165, 1.54) is 64.2 Å². The number of nitrogens with zero attached hydrogens (tertiary/aromatic N) is 3. The smallest absolute Gasteiger partial charge is 0.326 e. The second-order valence-corrected chi connectivity index (χ2v) is 12.1. The van der Waals surface area contributed by atoms with Crippen molar-refractivity contribution in [2.45, 2.75) is 115 Å². The summed E-state index contributed by atoms with van der Waals surface area (Å²) in [6.45, 7) is 2.77. The van der Waals surface area contributed by atoms with Crippen LogP contribution < -0.4 is 4.90 Å². The molecule has 6 nitrogen and oxygen atoms in total. The first-order chi connectivity index (χ1) is 17.6. The van der Waals surface area contributed by atoms with Gasteiger partial charge in [0.15, 0.2) is 0 Å². The number of para-hydroxylation sites is 1. The van der Waals surface area contributed by atoms with Crippen molar-refractivity contribution < 1.29 is 14.3 Å². The molecule has 4 bridgehead atoms. The number of hydrogen-bond acceptors (Lipinski definition) is 4. The van der Waals surface area contributed by atoms with Crippen molar-refractivity contribution >= 4 is 17.7 Å². The molecule has 2 saturated carbocycles. The quantitative estimate of drug-likeness (QED) is 0.491. The molecule has 4 atom stereocenters. The summed E-state index contributed by atoms with van der Waals surface area (Å²) in [5, 5.41) is 0. The Bertz CT molecular complexity index is 939. The fourth-order valence-corrected chi connectivity index (χ4v) is 8.54. The van der Waals surface area contributed by atoms with Crippen molar-refractivity contribution in [3.8, 4) is 0 Å². The molecule has 6 heteroatoms. The first-order valence-electron chi connectivity index (χ1n) is 14.7. The van der Waals surface area contributed by atoms with E-state index in [0.29, 0.717) is 25.2 Å². The number of benzene rings is 1. The molecule has 3 heterocycles. The Labute approximate surface area is 216 Å². The second kappa shape index (κ2) is 10.4. The van der Waals surface area contributed by atoms with Crippen LogP contribution in [0.3, 0.4) is 0 Å². The first-order valence-corrected chi connectivity index (χ1v) is 14.7. The predicted octanol–water partition coefficient (Wildman–Crippen LogP) is 5.74. The summed E-state index contributed by atoms with van der Waals surface area (Å²) in [4.78, 5) is 32.9. The number of hydrogen-bond donors (Lipinski definition) is 0. The number of fused-ring (bicyclic) bond motifs is 5. The second-order valence-electron chi connectivity index (χ2n) is 12.1. The zero-order valence-electron chi connectivity index (χ0n) is 21.9. The van der Waals surface area contributed by atoms with Gasteiger partial charge in [0, 0.05) is 30.7 Å². The summed E-state index contributed by atoms with van der Waals surface area (Å²) in [5.74, 6) is 1.53. The van der Waals surface area contributed by atoms with E-state index in [-0.39, 0.29) is 24.6 Å². The van der Waals surface area contributed by atoms with Crippen molar-refractivity contribution in [3.63, 3.8) is 0 Å². The van der Waals surface area contributed by atoms with Gasteiger partial charge in [0.25, 0.3) is 0 Å². The van der Waals surface area contributed by atoms with Gasteiger partial charge in [-0.1, -0.05) is 50.3 Å². The van der Waals surface area contributed by atoms with Crippen LogP contribution in [0.4, 0.5) is 10.5 Å². The normalized spacial score (nSPS) is 34.6. The molecule has 6 rings (SSSR count). The van der Waals surface area contributed by atoms with Crippen LogP contribution in [0.15, 0.2) is 24.3 Å². The van der Waals surface area contributed by atoms with Crippen LogP contribution >= 0.6 is 0 Å². The van der Waals surface area contributed by atoms with E-state index in [1.54, 1.807) is 4.90 Å². The van der Waals surface area contributed by atoms with Crippen LogP contribution in [-0.4, -0.2) is 59.1 Å². The Balaban J connectivity index is 1.21. The molecule has 2 saturated heterocycles. The molecular weight excluding hydrogens is 450 g/mol. The largest absolute Gasteiger partial charge is 0.465 e. The van der Waals surface area contributed by atoms with E-state index in [0.717, 1.165) is 42.0 Å². The molecular formula is C30H43N3O3. The molecule has 4 fully saturated rings. The summed E-state index contributed by atoms with van der Waals surface area (Å²) < 4.78 is 5.21. The van der Waals surface area contributed by atoms with Gasteiger partial charge < -0.3 is 9.64 Å². The highest BCUT2D eigenvalue weighted by Gasteiger charge is 2.47. The molecule has 5 aliphatic rings. The van der Waals surface area contributed by atoms with Crippen molar-refractivity contribution in [2.75, 3.05) is 18.1 Å². The van der Waals surface area contributed by atoms with Crippen molar-refractivity contribution in [3.05, 3.63) is 29.8 Å². The Morgan fingerprint density at radius 3 is 2.25 bits per heavy atom. The highest BCUT2D eigenvalue weighted by atomic mass is 16.5. The van der Waals surface area contributed by atoms with Gasteiger partial charge in [0.2, 0.25) is 0 Å². The SMILES string of the molecule is CCOC(=O)CN1C(=O)N(C2CC3CCCC(C2)N3C2CC3CCCCC(C3)C2)Cc2ccccc21. The average Bonchev–Trinajstić information content (AvgIpc) is 3.04. The number of ether oxygens (including phenoxy) is 1. The number of carbonyl (C=O) groups excluding carboxylic acids is 2. The number of piperidine rings is 2. The Kier molecular flexibility index (Phi) is 6.98. The average molecular weight is 494 g/mol. The third kappa shape index (κ3) is 4.66. The van der Waals surface area contributed by atoms with Gasteiger partial charge in [0.05, 0.1) is 12.3 Å². The number of urea groups is 1. The number of amides is 2. The van der Waals surface area contributed by atoms with Crippen LogP contribution in [0, 0.1) is 11.8 Å². The lowest BCUT2D eigenvalue weighted by Gasteiger charge is -2.56. The minimum absolute atomic E-state index is 0.0171. The number of anilines is 1. The van der Waals surface area contributed by atoms with E-state index < -0.39 is 0 Å². The molecule has 2 amide bonds. The number of esters is 1. The van der Waals surface area contributed by atoms with Gasteiger partial charge in [0.1, 0.15) is 6.54 Å². The van der Waals surface area contributed by atoms with Crippen LogP contribution in [-0.2, 0) is 16.1 Å². The summed E-state index contributed by atoms with van der Waals surface area (Å²) in [6.07, 6.45) is 16.0. The van der Waals surface area contributed by atoms with Crippen molar-refractivity contribution in [1.82, 2.24) is 9.80 Å². The molecule has 0 N–H and O–H groups in total. The summed E-state index contributed by atoms with van der Waals surface area (Å²) >= 11 is 0. The monoisotopic (exact) mass is 493 g/mol. The number of rotatable bonds is 5. The fraction of sp³-hybridized carbons (Fsp3) is 0.733. The lowest BCUT2D eigenvalue weighted by atomic mass is 9.73. The maximum Gasteiger partial charge on any atom is 0.326 e. The van der Waals surface area contributed by atoms with Gasteiger partial charge in [-0.2, -0.15) is 0 Å². The molecule has 4 unspecified atom stereocenters. The van der Waals surface area contributed by atoms with E-state index >= 15 is 0 Å². The van der Waals surface area contributed by atoms with Crippen molar-refractivity contribution in [1.29, 1.82) is 0 Å². The molecule has 1 aromatic carbocycles.